The molecule has 0 bridgehead atoms. The van der Waals surface area contributed by atoms with Crippen molar-refractivity contribution in [3.8, 4) is 0 Å². The second kappa shape index (κ2) is 6.96. The summed E-state index contributed by atoms with van der Waals surface area (Å²) in [5.74, 6) is 1.16. The van der Waals surface area contributed by atoms with E-state index in [1.807, 2.05) is 11.8 Å². The second-order valence-corrected chi connectivity index (χ2v) is 7.30. The predicted molar refractivity (Wildman–Crippen MR) is 90.1 cm³/mol. The summed E-state index contributed by atoms with van der Waals surface area (Å²) in [7, 11) is 6.75. The summed E-state index contributed by atoms with van der Waals surface area (Å²) in [5, 5.41) is 0.434. The van der Waals surface area contributed by atoms with Gasteiger partial charge in [-0.15, -0.1) is 11.8 Å². The number of rotatable bonds is 6. The molecule has 0 saturated heterocycles. The van der Waals surface area contributed by atoms with Crippen molar-refractivity contribution in [2.75, 3.05) is 33.4 Å². The third-order valence-corrected chi connectivity index (χ3v) is 4.55. The van der Waals surface area contributed by atoms with Crippen LogP contribution >= 0.6 is 11.8 Å². The van der Waals surface area contributed by atoms with Crippen molar-refractivity contribution in [1.29, 1.82) is 0 Å². The first-order valence-corrected chi connectivity index (χ1v) is 8.13. The van der Waals surface area contributed by atoms with E-state index in [0.717, 1.165) is 10.2 Å². The van der Waals surface area contributed by atoms with Gasteiger partial charge in [-0.1, -0.05) is 60.7 Å². The Balaban J connectivity index is 2.13. The van der Waals surface area contributed by atoms with Gasteiger partial charge < -0.3 is 4.48 Å². The van der Waals surface area contributed by atoms with Crippen LogP contribution in [0.5, 0.6) is 0 Å². The normalized spacial score (nSPS) is 11.8. The van der Waals surface area contributed by atoms with Gasteiger partial charge in [0.1, 0.15) is 0 Å². The molecule has 0 heterocycles. The van der Waals surface area contributed by atoms with Crippen molar-refractivity contribution in [2.45, 2.75) is 5.25 Å². The second-order valence-electron chi connectivity index (χ2n) is 6.09. The average molecular weight is 286 g/mol. The fourth-order valence-electron chi connectivity index (χ4n) is 2.08. The Labute approximate surface area is 127 Å². The van der Waals surface area contributed by atoms with Crippen LogP contribution in [0.2, 0.25) is 0 Å². The van der Waals surface area contributed by atoms with Crippen molar-refractivity contribution in [2.24, 2.45) is 0 Å². The highest BCUT2D eigenvalue weighted by atomic mass is 32.2. The van der Waals surface area contributed by atoms with Gasteiger partial charge in [0.2, 0.25) is 0 Å². The lowest BCUT2D eigenvalue weighted by Gasteiger charge is -2.25. The highest BCUT2D eigenvalue weighted by molar-refractivity contribution is 7.99. The number of nitrogens with zero attached hydrogens (tertiary/aromatic N) is 1. The van der Waals surface area contributed by atoms with E-state index in [-0.39, 0.29) is 0 Å². The van der Waals surface area contributed by atoms with Crippen molar-refractivity contribution in [3.05, 3.63) is 71.8 Å². The summed E-state index contributed by atoms with van der Waals surface area (Å²) in [4.78, 5) is 0. The van der Waals surface area contributed by atoms with Crippen LogP contribution in [0.15, 0.2) is 60.7 Å². The van der Waals surface area contributed by atoms with Crippen LogP contribution in [0.4, 0.5) is 0 Å². The Morgan fingerprint density at radius 3 is 1.65 bits per heavy atom. The van der Waals surface area contributed by atoms with Crippen molar-refractivity contribution in [1.82, 2.24) is 0 Å². The predicted octanol–water partition coefficient (Wildman–Crippen LogP) is 4.22. The van der Waals surface area contributed by atoms with Gasteiger partial charge in [-0.3, -0.25) is 0 Å². The minimum Gasteiger partial charge on any atom is -0.330 e. The van der Waals surface area contributed by atoms with E-state index in [1.54, 1.807) is 0 Å². The maximum absolute atomic E-state index is 2.25. The number of hydrogen-bond donors (Lipinski definition) is 0. The van der Waals surface area contributed by atoms with Crippen molar-refractivity contribution < 1.29 is 4.48 Å². The van der Waals surface area contributed by atoms with Crippen LogP contribution in [0.25, 0.3) is 0 Å². The third kappa shape index (κ3) is 4.69. The smallest absolute Gasteiger partial charge is 0.0872 e. The molecule has 0 aliphatic rings. The standard InChI is InChI=1S/C18H24NS/c1-19(2,3)14-15-20-18(16-10-6-4-7-11-16)17-12-8-5-9-13-17/h4-13,18H,14-15H2,1-3H3/q+1. The van der Waals surface area contributed by atoms with Crippen LogP contribution in [0.1, 0.15) is 16.4 Å². The molecule has 0 saturated carbocycles. The number of hydrogen-bond acceptors (Lipinski definition) is 1. The van der Waals surface area contributed by atoms with Gasteiger partial charge in [0, 0.05) is 5.75 Å². The molecule has 2 rings (SSSR count). The lowest BCUT2D eigenvalue weighted by atomic mass is 10.0. The molecule has 0 aromatic heterocycles. The number of thioether (sulfide) groups is 1. The SMILES string of the molecule is C[N+](C)(C)CCSC(c1ccccc1)c1ccccc1. The van der Waals surface area contributed by atoms with Crippen LogP contribution in [-0.4, -0.2) is 37.9 Å². The Morgan fingerprint density at radius 1 is 0.800 bits per heavy atom. The molecule has 0 fully saturated rings. The molecular weight excluding hydrogens is 262 g/mol. The van der Waals surface area contributed by atoms with Gasteiger partial charge in [0.05, 0.1) is 32.9 Å². The molecule has 0 atom stereocenters. The zero-order valence-corrected chi connectivity index (χ0v) is 13.4. The molecule has 0 amide bonds. The minimum absolute atomic E-state index is 0.434. The molecule has 106 valence electrons. The number of benzene rings is 2. The summed E-state index contributed by atoms with van der Waals surface area (Å²) in [6.45, 7) is 1.18. The van der Waals surface area contributed by atoms with Crippen LogP contribution in [0.3, 0.4) is 0 Å². The topological polar surface area (TPSA) is 0 Å². The monoisotopic (exact) mass is 286 g/mol. The van der Waals surface area contributed by atoms with E-state index < -0.39 is 0 Å². The molecule has 0 radical (unpaired) electrons. The van der Waals surface area contributed by atoms with E-state index in [9.17, 15) is 0 Å². The molecule has 0 spiro atoms. The summed E-state index contributed by atoms with van der Waals surface area (Å²) >= 11 is 2.04. The first kappa shape index (κ1) is 15.1. The zero-order valence-electron chi connectivity index (χ0n) is 12.6. The van der Waals surface area contributed by atoms with Crippen molar-refractivity contribution in [3.63, 3.8) is 0 Å². The van der Waals surface area contributed by atoms with Gasteiger partial charge in [0.25, 0.3) is 0 Å². The van der Waals surface area contributed by atoms with Gasteiger partial charge >= 0.3 is 0 Å². The molecule has 2 heteroatoms. The van der Waals surface area contributed by atoms with E-state index >= 15 is 0 Å². The van der Waals surface area contributed by atoms with E-state index in [2.05, 4.69) is 81.8 Å². The lowest BCUT2D eigenvalue weighted by Crippen LogP contribution is -2.36. The fourth-order valence-corrected chi connectivity index (χ4v) is 3.67. The number of quaternary nitrogens is 1. The summed E-state index contributed by atoms with van der Waals surface area (Å²) < 4.78 is 1.02. The Morgan fingerprint density at radius 2 is 1.25 bits per heavy atom. The van der Waals surface area contributed by atoms with E-state index in [4.69, 9.17) is 0 Å². The molecule has 0 aliphatic heterocycles. The molecule has 1 nitrogen and oxygen atoms in total. The van der Waals surface area contributed by atoms with Gasteiger partial charge in [-0.2, -0.15) is 0 Å². The van der Waals surface area contributed by atoms with E-state index in [1.165, 1.54) is 17.7 Å². The van der Waals surface area contributed by atoms with Gasteiger partial charge in [-0.05, 0) is 11.1 Å². The fraction of sp³-hybridized carbons (Fsp3) is 0.333. The highest BCUT2D eigenvalue weighted by Crippen LogP contribution is 2.35. The first-order chi connectivity index (χ1) is 9.56. The van der Waals surface area contributed by atoms with Gasteiger partial charge in [-0.25, -0.2) is 0 Å². The van der Waals surface area contributed by atoms with Crippen LogP contribution < -0.4 is 0 Å². The highest BCUT2D eigenvalue weighted by Gasteiger charge is 2.16. The molecular formula is C18H24NS+. The summed E-state index contributed by atoms with van der Waals surface area (Å²) in [6, 6.07) is 21.6. The molecule has 2 aromatic carbocycles. The Hall–Kier alpha value is -1.25. The van der Waals surface area contributed by atoms with E-state index in [0.29, 0.717) is 5.25 Å². The molecule has 0 N–H and O–H groups in total. The first-order valence-electron chi connectivity index (χ1n) is 7.08. The van der Waals surface area contributed by atoms with Gasteiger partial charge in [0.15, 0.2) is 0 Å². The average Bonchev–Trinajstić information content (AvgIpc) is 2.44. The largest absolute Gasteiger partial charge is 0.330 e. The summed E-state index contributed by atoms with van der Waals surface area (Å²) in [5.41, 5.74) is 2.79. The molecule has 0 aliphatic carbocycles. The summed E-state index contributed by atoms with van der Waals surface area (Å²) in [6.07, 6.45) is 0. The van der Waals surface area contributed by atoms with Crippen LogP contribution in [-0.2, 0) is 0 Å². The van der Waals surface area contributed by atoms with Crippen LogP contribution in [0, 0.1) is 0 Å². The molecule has 0 unspecified atom stereocenters. The maximum atomic E-state index is 2.25. The minimum atomic E-state index is 0.434. The quantitative estimate of drug-likeness (QED) is 0.717. The maximum Gasteiger partial charge on any atom is 0.0872 e. The Bertz CT molecular complexity index is 462. The third-order valence-electron chi connectivity index (χ3n) is 3.25. The van der Waals surface area contributed by atoms with Crippen molar-refractivity contribution >= 4 is 11.8 Å². The zero-order chi connectivity index (χ0) is 14.4. The Kier molecular flexibility index (Phi) is 5.27. The molecule has 2 aromatic rings. The molecule has 20 heavy (non-hydrogen) atoms. The lowest BCUT2D eigenvalue weighted by molar-refractivity contribution is -0.867.